The highest BCUT2D eigenvalue weighted by atomic mass is 35.5. The predicted molar refractivity (Wildman–Crippen MR) is 64.3 cm³/mol. The molecule has 1 fully saturated rings. The fraction of sp³-hybridized carbons (Fsp3) is 0.800. The Morgan fingerprint density at radius 3 is 2.88 bits per heavy atom. The molecule has 6 heteroatoms. The molecule has 1 heterocycles. The predicted octanol–water partition coefficient (Wildman–Crippen LogP) is -0.260. The molecule has 2 atom stereocenters. The number of carbonyl (C=O) groups excluding carboxylic acids is 2. The summed E-state index contributed by atoms with van der Waals surface area (Å²) in [5.74, 6) is -0.366. The fourth-order valence-corrected chi connectivity index (χ4v) is 1.59. The number of piperidine rings is 1. The van der Waals surface area contributed by atoms with Crippen LogP contribution in [0.2, 0.25) is 0 Å². The molecule has 5 nitrogen and oxygen atoms in total. The lowest BCUT2D eigenvalue weighted by Gasteiger charge is -2.30. The van der Waals surface area contributed by atoms with E-state index in [1.807, 2.05) is 0 Å². The van der Waals surface area contributed by atoms with Crippen LogP contribution in [0.5, 0.6) is 0 Å². The molecule has 1 aliphatic heterocycles. The van der Waals surface area contributed by atoms with Crippen molar-refractivity contribution >= 4 is 24.2 Å². The van der Waals surface area contributed by atoms with Gasteiger partial charge in [-0.1, -0.05) is 6.92 Å². The second kappa shape index (κ2) is 6.70. The van der Waals surface area contributed by atoms with E-state index in [1.165, 1.54) is 0 Å². The highest BCUT2D eigenvalue weighted by molar-refractivity contribution is 5.88. The molecule has 0 aromatic rings. The van der Waals surface area contributed by atoms with Crippen molar-refractivity contribution in [1.29, 1.82) is 0 Å². The van der Waals surface area contributed by atoms with Crippen molar-refractivity contribution in [2.75, 3.05) is 20.1 Å². The summed E-state index contributed by atoms with van der Waals surface area (Å²) in [7, 11) is 1.76. The molecule has 1 rings (SSSR count). The minimum absolute atomic E-state index is 0. The number of halogens is 1. The quantitative estimate of drug-likeness (QED) is 0.724. The van der Waals surface area contributed by atoms with Crippen molar-refractivity contribution in [3.05, 3.63) is 0 Å². The number of nitrogens with two attached hydrogens (primary N) is 1. The highest BCUT2D eigenvalue weighted by Crippen LogP contribution is 2.10. The van der Waals surface area contributed by atoms with Gasteiger partial charge in [0.25, 0.3) is 0 Å². The second-order valence-electron chi connectivity index (χ2n) is 4.10. The lowest BCUT2D eigenvalue weighted by atomic mass is 10.0. The molecule has 1 aliphatic rings. The van der Waals surface area contributed by atoms with Gasteiger partial charge in [-0.25, -0.2) is 0 Å². The lowest BCUT2D eigenvalue weighted by Crippen LogP contribution is -2.52. The average molecular weight is 250 g/mol. The molecule has 0 radical (unpaired) electrons. The van der Waals surface area contributed by atoms with Gasteiger partial charge in [-0.15, -0.1) is 12.4 Å². The first-order valence-corrected chi connectivity index (χ1v) is 5.31. The Labute approximate surface area is 102 Å². The van der Waals surface area contributed by atoms with Crippen molar-refractivity contribution in [2.45, 2.75) is 25.8 Å². The Bertz CT molecular complexity index is 260. The van der Waals surface area contributed by atoms with Crippen LogP contribution in [0.25, 0.3) is 0 Å². The van der Waals surface area contributed by atoms with Gasteiger partial charge in [0.1, 0.15) is 6.04 Å². The van der Waals surface area contributed by atoms with E-state index in [1.54, 1.807) is 18.9 Å². The highest BCUT2D eigenvalue weighted by Gasteiger charge is 2.28. The number of hydrogen-bond acceptors (Lipinski definition) is 3. The molecule has 16 heavy (non-hydrogen) atoms. The van der Waals surface area contributed by atoms with Gasteiger partial charge in [-0.2, -0.15) is 0 Å². The SMILES string of the molecule is CC(CN)C(=O)NC1CCCN(C)C1=O.Cl. The third-order valence-corrected chi connectivity index (χ3v) is 2.78. The van der Waals surface area contributed by atoms with Crippen molar-refractivity contribution in [1.82, 2.24) is 10.2 Å². The first-order valence-electron chi connectivity index (χ1n) is 5.31. The molecular formula is C10H20ClN3O2. The summed E-state index contributed by atoms with van der Waals surface area (Å²) in [4.78, 5) is 24.8. The number of hydrogen-bond donors (Lipinski definition) is 2. The lowest BCUT2D eigenvalue weighted by molar-refractivity contribution is -0.138. The molecular weight excluding hydrogens is 230 g/mol. The van der Waals surface area contributed by atoms with E-state index in [0.717, 1.165) is 19.4 Å². The fourth-order valence-electron chi connectivity index (χ4n) is 1.59. The van der Waals surface area contributed by atoms with E-state index < -0.39 is 0 Å². The van der Waals surface area contributed by atoms with E-state index in [-0.39, 0.29) is 36.2 Å². The number of likely N-dealkylation sites (N-methyl/N-ethyl adjacent to an activating group) is 1. The van der Waals surface area contributed by atoms with Gasteiger partial charge in [0, 0.05) is 26.1 Å². The van der Waals surface area contributed by atoms with Crippen LogP contribution in [0, 0.1) is 5.92 Å². The number of nitrogens with one attached hydrogen (secondary N) is 1. The van der Waals surface area contributed by atoms with E-state index in [9.17, 15) is 9.59 Å². The summed E-state index contributed by atoms with van der Waals surface area (Å²) >= 11 is 0. The van der Waals surface area contributed by atoms with E-state index in [4.69, 9.17) is 5.73 Å². The van der Waals surface area contributed by atoms with Gasteiger partial charge in [-0.3, -0.25) is 9.59 Å². The van der Waals surface area contributed by atoms with Crippen LogP contribution in [0.3, 0.4) is 0 Å². The summed E-state index contributed by atoms with van der Waals surface area (Å²) in [6.45, 7) is 2.84. The third-order valence-electron chi connectivity index (χ3n) is 2.78. The summed E-state index contributed by atoms with van der Waals surface area (Å²) in [6.07, 6.45) is 1.66. The van der Waals surface area contributed by atoms with Gasteiger partial charge >= 0.3 is 0 Å². The molecule has 0 aromatic carbocycles. The van der Waals surface area contributed by atoms with Crippen molar-refractivity contribution < 1.29 is 9.59 Å². The maximum atomic E-state index is 11.7. The summed E-state index contributed by atoms with van der Waals surface area (Å²) < 4.78 is 0. The summed E-state index contributed by atoms with van der Waals surface area (Å²) in [6, 6.07) is -0.356. The second-order valence-corrected chi connectivity index (χ2v) is 4.10. The molecule has 0 spiro atoms. The molecule has 0 aliphatic carbocycles. The normalized spacial score (nSPS) is 22.3. The topological polar surface area (TPSA) is 75.4 Å². The zero-order chi connectivity index (χ0) is 11.4. The van der Waals surface area contributed by atoms with Crippen LogP contribution < -0.4 is 11.1 Å². The Morgan fingerprint density at radius 1 is 1.69 bits per heavy atom. The van der Waals surface area contributed by atoms with Gasteiger partial charge in [0.15, 0.2) is 0 Å². The van der Waals surface area contributed by atoms with Crippen molar-refractivity contribution in [3.8, 4) is 0 Å². The van der Waals surface area contributed by atoms with Crippen LogP contribution in [-0.2, 0) is 9.59 Å². The summed E-state index contributed by atoms with van der Waals surface area (Å²) in [5, 5.41) is 2.74. The number of likely N-dealkylation sites (tertiary alicyclic amines) is 1. The molecule has 0 aromatic heterocycles. The molecule has 94 valence electrons. The Morgan fingerprint density at radius 2 is 2.31 bits per heavy atom. The maximum Gasteiger partial charge on any atom is 0.244 e. The smallest absolute Gasteiger partial charge is 0.244 e. The van der Waals surface area contributed by atoms with E-state index in [0.29, 0.717) is 6.54 Å². The first kappa shape index (κ1) is 15.2. The molecule has 0 bridgehead atoms. The molecule has 1 saturated heterocycles. The minimum Gasteiger partial charge on any atom is -0.344 e. The Balaban J connectivity index is 0.00000225. The molecule has 2 amide bonds. The van der Waals surface area contributed by atoms with Crippen LogP contribution in [0.15, 0.2) is 0 Å². The monoisotopic (exact) mass is 249 g/mol. The number of carbonyl (C=O) groups is 2. The number of nitrogens with zero attached hydrogens (tertiary/aromatic N) is 1. The van der Waals surface area contributed by atoms with Crippen LogP contribution in [-0.4, -0.2) is 42.9 Å². The largest absolute Gasteiger partial charge is 0.344 e. The van der Waals surface area contributed by atoms with E-state index >= 15 is 0 Å². The van der Waals surface area contributed by atoms with Crippen LogP contribution in [0.4, 0.5) is 0 Å². The average Bonchev–Trinajstić information content (AvgIpc) is 2.23. The van der Waals surface area contributed by atoms with E-state index in [2.05, 4.69) is 5.32 Å². The zero-order valence-electron chi connectivity index (χ0n) is 9.73. The zero-order valence-corrected chi connectivity index (χ0v) is 10.5. The molecule has 2 unspecified atom stereocenters. The van der Waals surface area contributed by atoms with Gasteiger partial charge in [-0.05, 0) is 12.8 Å². The number of amides is 2. The van der Waals surface area contributed by atoms with Crippen molar-refractivity contribution in [3.63, 3.8) is 0 Å². The minimum atomic E-state index is -0.356. The van der Waals surface area contributed by atoms with Gasteiger partial charge < -0.3 is 16.0 Å². The number of rotatable bonds is 3. The standard InChI is InChI=1S/C10H19N3O2.ClH/c1-7(6-11)9(14)12-8-4-3-5-13(2)10(8)15;/h7-8H,3-6,11H2,1-2H3,(H,12,14);1H. The van der Waals surface area contributed by atoms with Crippen molar-refractivity contribution in [2.24, 2.45) is 11.7 Å². The van der Waals surface area contributed by atoms with Gasteiger partial charge in [0.2, 0.25) is 11.8 Å². The molecule has 3 N–H and O–H groups in total. The van der Waals surface area contributed by atoms with Gasteiger partial charge in [0.05, 0.1) is 0 Å². The third kappa shape index (κ3) is 3.64. The Hall–Kier alpha value is -0.810. The van der Waals surface area contributed by atoms with Crippen LogP contribution in [0.1, 0.15) is 19.8 Å². The van der Waals surface area contributed by atoms with Crippen LogP contribution >= 0.6 is 12.4 Å². The maximum absolute atomic E-state index is 11.7. The first-order chi connectivity index (χ1) is 7.06. The Kier molecular flexibility index (Phi) is 6.36. The molecule has 0 saturated carbocycles. The summed E-state index contributed by atoms with van der Waals surface area (Å²) in [5.41, 5.74) is 5.38.